The second-order valence-corrected chi connectivity index (χ2v) is 6.66. The van der Waals surface area contributed by atoms with Crippen molar-refractivity contribution in [2.45, 2.75) is 18.9 Å². The van der Waals surface area contributed by atoms with Crippen LogP contribution >= 0.6 is 0 Å². The Morgan fingerprint density at radius 2 is 1.68 bits per heavy atom. The Balaban J connectivity index is 1.98. The lowest BCUT2D eigenvalue weighted by Gasteiger charge is -2.41. The van der Waals surface area contributed by atoms with Crippen molar-refractivity contribution in [2.24, 2.45) is 5.92 Å². The van der Waals surface area contributed by atoms with Crippen molar-refractivity contribution < 1.29 is 23.6 Å². The molecule has 0 amide bonds. The van der Waals surface area contributed by atoms with Gasteiger partial charge in [0, 0.05) is 12.0 Å². The van der Waals surface area contributed by atoms with Gasteiger partial charge in [0.15, 0.2) is 5.78 Å². The highest BCUT2D eigenvalue weighted by Gasteiger charge is 2.48. The number of carbonyl (C=O) groups is 1. The van der Waals surface area contributed by atoms with Crippen LogP contribution in [0.25, 0.3) is 0 Å². The zero-order valence-corrected chi connectivity index (χ0v) is 14.1. The number of rotatable bonds is 4. The summed E-state index contributed by atoms with van der Waals surface area (Å²) in [6, 6.07) is 11.1. The Kier molecular flexibility index (Phi) is 4.97. The molecule has 0 saturated carbocycles. The minimum absolute atomic E-state index is 0.211. The molecular weight excluding hydrogens is 324 g/mol. The monoisotopic (exact) mass is 346 g/mol. The number of halogens is 2. The Bertz CT molecular complexity index is 745. The van der Waals surface area contributed by atoms with Gasteiger partial charge in [-0.1, -0.05) is 12.1 Å². The van der Waals surface area contributed by atoms with E-state index in [4.69, 9.17) is 0 Å². The minimum Gasteiger partial charge on any atom is -0.384 e. The number of ketones is 1. The Morgan fingerprint density at radius 1 is 1.12 bits per heavy atom. The maximum atomic E-state index is 13.3. The van der Waals surface area contributed by atoms with Crippen LogP contribution in [0, 0.1) is 17.6 Å². The molecule has 0 bridgehead atoms. The fraction of sp³-hybridized carbons (Fsp3) is 0.350. The fourth-order valence-electron chi connectivity index (χ4n) is 3.63. The standard InChI is InChI=1S/C20H21F2NO2/c1-2-23-12-11-20(25,15-5-9-17(22)10-6-15)18(13-23)19(24)14-3-7-16(21)8-4-14/h3-10,18,25H,2,11-13H2,1H3/p+1/t18-,20+/m0/s1. The van der Waals surface area contributed by atoms with Crippen molar-refractivity contribution in [3.05, 3.63) is 71.3 Å². The number of piperidine rings is 1. The van der Waals surface area contributed by atoms with Crippen LogP contribution in [0.1, 0.15) is 29.3 Å². The molecule has 132 valence electrons. The maximum absolute atomic E-state index is 13.3. The summed E-state index contributed by atoms with van der Waals surface area (Å²) in [6.07, 6.45) is 0.416. The maximum Gasteiger partial charge on any atom is 0.174 e. The van der Waals surface area contributed by atoms with E-state index in [-0.39, 0.29) is 11.6 Å². The first-order chi connectivity index (χ1) is 11.9. The van der Waals surface area contributed by atoms with Crippen molar-refractivity contribution in [1.29, 1.82) is 0 Å². The SMILES string of the molecule is CC[NH+]1CC[C@@](O)(c2ccc(F)cc2)[C@H](C(=O)c2ccc(F)cc2)C1. The Hall–Kier alpha value is -2.11. The van der Waals surface area contributed by atoms with E-state index in [0.29, 0.717) is 24.1 Å². The second kappa shape index (κ2) is 7.02. The molecule has 1 unspecified atom stereocenters. The molecule has 25 heavy (non-hydrogen) atoms. The lowest BCUT2D eigenvalue weighted by Crippen LogP contribution is -3.14. The van der Waals surface area contributed by atoms with E-state index in [0.717, 1.165) is 13.1 Å². The van der Waals surface area contributed by atoms with Crippen LogP contribution in [0.15, 0.2) is 48.5 Å². The molecule has 5 heteroatoms. The van der Waals surface area contributed by atoms with Crippen molar-refractivity contribution in [1.82, 2.24) is 0 Å². The molecule has 0 spiro atoms. The molecule has 1 fully saturated rings. The van der Waals surface area contributed by atoms with Crippen LogP contribution in [0.2, 0.25) is 0 Å². The molecule has 3 rings (SSSR count). The molecular formula is C20H22F2NO2+. The van der Waals surface area contributed by atoms with E-state index in [1.54, 1.807) is 0 Å². The van der Waals surface area contributed by atoms with Gasteiger partial charge in [-0.15, -0.1) is 0 Å². The zero-order valence-electron chi connectivity index (χ0n) is 14.1. The van der Waals surface area contributed by atoms with Gasteiger partial charge in [0.2, 0.25) is 0 Å². The van der Waals surface area contributed by atoms with Crippen LogP contribution in [-0.2, 0) is 5.60 Å². The first-order valence-electron chi connectivity index (χ1n) is 8.56. The number of Topliss-reactive ketones (excluding diaryl/α,β-unsaturated/α-hetero) is 1. The van der Waals surface area contributed by atoms with Gasteiger partial charge < -0.3 is 10.0 Å². The molecule has 2 N–H and O–H groups in total. The highest BCUT2D eigenvalue weighted by molar-refractivity contribution is 5.98. The van der Waals surface area contributed by atoms with Gasteiger partial charge in [-0.2, -0.15) is 0 Å². The quantitative estimate of drug-likeness (QED) is 0.831. The molecule has 1 heterocycles. The summed E-state index contributed by atoms with van der Waals surface area (Å²) in [4.78, 5) is 14.3. The lowest BCUT2D eigenvalue weighted by atomic mass is 9.72. The number of hydrogen-bond donors (Lipinski definition) is 2. The predicted molar refractivity (Wildman–Crippen MR) is 90.4 cm³/mol. The summed E-state index contributed by atoms with van der Waals surface area (Å²) >= 11 is 0. The van der Waals surface area contributed by atoms with Crippen molar-refractivity contribution in [2.75, 3.05) is 19.6 Å². The van der Waals surface area contributed by atoms with E-state index >= 15 is 0 Å². The average Bonchev–Trinajstić information content (AvgIpc) is 2.62. The first kappa shape index (κ1) is 17.7. The first-order valence-corrected chi connectivity index (χ1v) is 8.56. The Labute approximate surface area is 145 Å². The summed E-state index contributed by atoms with van der Waals surface area (Å²) < 4.78 is 26.4. The van der Waals surface area contributed by atoms with E-state index < -0.39 is 17.3 Å². The molecule has 1 saturated heterocycles. The molecule has 3 atom stereocenters. The number of carbonyl (C=O) groups excluding carboxylic acids is 1. The topological polar surface area (TPSA) is 41.7 Å². The summed E-state index contributed by atoms with van der Waals surface area (Å²) in [5, 5.41) is 11.4. The highest BCUT2D eigenvalue weighted by atomic mass is 19.1. The third-order valence-corrected chi connectivity index (χ3v) is 5.22. The van der Waals surface area contributed by atoms with E-state index in [9.17, 15) is 18.7 Å². The molecule has 0 aromatic heterocycles. The van der Waals surface area contributed by atoms with E-state index in [2.05, 4.69) is 0 Å². The van der Waals surface area contributed by atoms with Gasteiger partial charge >= 0.3 is 0 Å². The van der Waals surface area contributed by atoms with Crippen LogP contribution < -0.4 is 4.90 Å². The number of hydrogen-bond acceptors (Lipinski definition) is 2. The fourth-order valence-corrected chi connectivity index (χ4v) is 3.63. The van der Waals surface area contributed by atoms with Crippen molar-refractivity contribution in [3.63, 3.8) is 0 Å². The largest absolute Gasteiger partial charge is 0.384 e. The average molecular weight is 346 g/mol. The van der Waals surface area contributed by atoms with E-state index in [1.165, 1.54) is 53.4 Å². The van der Waals surface area contributed by atoms with Gasteiger partial charge in [0.1, 0.15) is 23.2 Å². The van der Waals surface area contributed by atoms with Crippen LogP contribution in [0.5, 0.6) is 0 Å². The molecule has 2 aromatic rings. The van der Waals surface area contributed by atoms with Gasteiger partial charge in [0.05, 0.1) is 19.6 Å². The van der Waals surface area contributed by atoms with Gasteiger partial charge in [-0.3, -0.25) is 4.79 Å². The van der Waals surface area contributed by atoms with Gasteiger partial charge in [-0.25, -0.2) is 8.78 Å². The molecule has 0 radical (unpaired) electrons. The lowest BCUT2D eigenvalue weighted by molar-refractivity contribution is -0.908. The smallest absolute Gasteiger partial charge is 0.174 e. The second-order valence-electron chi connectivity index (χ2n) is 6.66. The minimum atomic E-state index is -1.35. The number of benzene rings is 2. The number of aliphatic hydroxyl groups is 1. The molecule has 0 aliphatic carbocycles. The summed E-state index contributed by atoms with van der Waals surface area (Å²) in [5.74, 6) is -1.66. The number of likely N-dealkylation sites (tertiary alicyclic amines) is 1. The van der Waals surface area contributed by atoms with Gasteiger partial charge in [0.25, 0.3) is 0 Å². The van der Waals surface area contributed by atoms with Crippen LogP contribution in [0.4, 0.5) is 8.78 Å². The third kappa shape index (κ3) is 3.48. The summed E-state index contributed by atoms with van der Waals surface area (Å²) in [7, 11) is 0. The van der Waals surface area contributed by atoms with Crippen molar-refractivity contribution in [3.8, 4) is 0 Å². The van der Waals surface area contributed by atoms with E-state index in [1.807, 2.05) is 6.92 Å². The number of quaternary nitrogens is 1. The predicted octanol–water partition coefficient (Wildman–Crippen LogP) is 1.96. The summed E-state index contributed by atoms with van der Waals surface area (Å²) in [5.41, 5.74) is -0.425. The Morgan fingerprint density at radius 3 is 2.24 bits per heavy atom. The third-order valence-electron chi connectivity index (χ3n) is 5.22. The number of nitrogens with one attached hydrogen (secondary N) is 1. The molecule has 1 aliphatic rings. The summed E-state index contributed by atoms with van der Waals surface area (Å²) in [6.45, 7) is 4.11. The normalized spacial score (nSPS) is 26.4. The molecule has 2 aromatic carbocycles. The van der Waals surface area contributed by atoms with Crippen molar-refractivity contribution >= 4 is 5.78 Å². The molecule has 1 aliphatic heterocycles. The van der Waals surface area contributed by atoms with Gasteiger partial charge in [-0.05, 0) is 48.9 Å². The molecule has 3 nitrogen and oxygen atoms in total. The zero-order chi connectivity index (χ0) is 18.0. The van der Waals surface area contributed by atoms with Crippen LogP contribution in [0.3, 0.4) is 0 Å². The highest BCUT2D eigenvalue weighted by Crippen LogP contribution is 2.36. The van der Waals surface area contributed by atoms with Crippen LogP contribution in [-0.4, -0.2) is 30.5 Å².